The van der Waals surface area contributed by atoms with E-state index in [0.717, 1.165) is 6.42 Å². The molecule has 0 bridgehead atoms. The van der Waals surface area contributed by atoms with Gasteiger partial charge in [-0.2, -0.15) is 0 Å². The molecule has 0 aliphatic carbocycles. The lowest BCUT2D eigenvalue weighted by molar-refractivity contribution is -0.129. The Kier molecular flexibility index (Phi) is 5.75. The lowest BCUT2D eigenvalue weighted by Gasteiger charge is -2.41. The quantitative estimate of drug-likeness (QED) is 0.804. The van der Waals surface area contributed by atoms with E-state index in [4.69, 9.17) is 0 Å². The zero-order valence-electron chi connectivity index (χ0n) is 14.7. The number of rotatable bonds is 5. The van der Waals surface area contributed by atoms with Crippen LogP contribution in [0.1, 0.15) is 54.0 Å². The molecular weight excluding hydrogens is 258 g/mol. The normalized spacial score (nSPS) is 14.3. The summed E-state index contributed by atoms with van der Waals surface area (Å²) in [5.74, 6) is 0.303. The molecule has 0 spiro atoms. The fourth-order valence-electron chi connectivity index (χ4n) is 2.51. The van der Waals surface area contributed by atoms with Crippen molar-refractivity contribution in [2.75, 3.05) is 6.54 Å². The number of ketones is 1. The summed E-state index contributed by atoms with van der Waals surface area (Å²) >= 11 is 0. The van der Waals surface area contributed by atoms with E-state index in [2.05, 4.69) is 56.9 Å². The Morgan fingerprint density at radius 1 is 1.05 bits per heavy atom. The average molecular weight is 289 g/mol. The zero-order valence-corrected chi connectivity index (χ0v) is 14.7. The molecule has 118 valence electrons. The Morgan fingerprint density at radius 2 is 1.57 bits per heavy atom. The van der Waals surface area contributed by atoms with Crippen LogP contribution in [-0.2, 0) is 11.2 Å². The van der Waals surface area contributed by atoms with E-state index in [9.17, 15) is 4.79 Å². The Morgan fingerprint density at radius 3 is 2.00 bits per heavy atom. The predicted octanol–water partition coefficient (Wildman–Crippen LogP) is 4.33. The Bertz CT molecular complexity index is 451. The molecule has 2 heteroatoms. The molecule has 0 aromatic heterocycles. The van der Waals surface area contributed by atoms with Gasteiger partial charge in [-0.05, 0) is 39.7 Å². The van der Waals surface area contributed by atoms with Crippen LogP contribution in [0.25, 0.3) is 0 Å². The minimum Gasteiger partial charge on any atom is -0.298 e. The van der Waals surface area contributed by atoms with Crippen molar-refractivity contribution in [1.82, 2.24) is 4.90 Å². The highest BCUT2D eigenvalue weighted by atomic mass is 16.1. The van der Waals surface area contributed by atoms with Gasteiger partial charge in [0.25, 0.3) is 0 Å². The van der Waals surface area contributed by atoms with E-state index in [1.165, 1.54) is 5.56 Å². The summed E-state index contributed by atoms with van der Waals surface area (Å²) in [6, 6.07) is 10.8. The van der Waals surface area contributed by atoms with E-state index in [-0.39, 0.29) is 11.0 Å². The van der Waals surface area contributed by atoms with Crippen LogP contribution in [0.3, 0.4) is 0 Å². The second kappa shape index (κ2) is 6.74. The highest BCUT2D eigenvalue weighted by Crippen LogP contribution is 2.23. The van der Waals surface area contributed by atoms with Crippen molar-refractivity contribution >= 4 is 5.78 Å². The molecule has 0 aliphatic rings. The van der Waals surface area contributed by atoms with Crippen molar-refractivity contribution in [3.63, 3.8) is 0 Å². The maximum Gasteiger partial charge on any atom is 0.152 e. The van der Waals surface area contributed by atoms with Crippen molar-refractivity contribution in [3.05, 3.63) is 35.9 Å². The van der Waals surface area contributed by atoms with Crippen LogP contribution < -0.4 is 0 Å². The van der Waals surface area contributed by atoms with Crippen LogP contribution in [0.2, 0.25) is 0 Å². The summed E-state index contributed by atoms with van der Waals surface area (Å²) in [4.78, 5) is 14.8. The van der Waals surface area contributed by atoms with Gasteiger partial charge in [0.1, 0.15) is 0 Å². The van der Waals surface area contributed by atoms with Crippen LogP contribution in [0.5, 0.6) is 0 Å². The minimum absolute atomic E-state index is 0.0187. The lowest BCUT2D eigenvalue weighted by atomic mass is 9.88. The Hall–Kier alpha value is -1.15. The molecule has 0 N–H and O–H groups in total. The van der Waals surface area contributed by atoms with Crippen molar-refractivity contribution in [2.45, 2.75) is 66.5 Å². The van der Waals surface area contributed by atoms with Crippen LogP contribution in [0.4, 0.5) is 0 Å². The molecule has 2 nitrogen and oxygen atoms in total. The molecule has 0 aliphatic heterocycles. The molecule has 1 aromatic rings. The van der Waals surface area contributed by atoms with Gasteiger partial charge >= 0.3 is 0 Å². The molecule has 1 aromatic carbocycles. The van der Waals surface area contributed by atoms with E-state index in [0.29, 0.717) is 18.4 Å². The monoisotopic (exact) mass is 289 g/mol. The Labute approximate surface area is 130 Å². The SMILES string of the molecule is CC(Cc1ccccc1)N(CC(=O)C(C)(C)C)C(C)(C)C. The molecule has 0 saturated heterocycles. The van der Waals surface area contributed by atoms with Crippen molar-refractivity contribution in [3.8, 4) is 0 Å². The third-order valence-electron chi connectivity index (χ3n) is 3.92. The fourth-order valence-corrected chi connectivity index (χ4v) is 2.51. The summed E-state index contributed by atoms with van der Waals surface area (Å²) in [6.45, 7) is 15.3. The molecule has 0 heterocycles. The van der Waals surface area contributed by atoms with Gasteiger partial charge in [-0.1, -0.05) is 51.1 Å². The number of benzene rings is 1. The second-order valence-electron chi connectivity index (χ2n) is 8.01. The molecule has 21 heavy (non-hydrogen) atoms. The molecule has 0 saturated carbocycles. The molecule has 1 rings (SSSR count). The highest BCUT2D eigenvalue weighted by molar-refractivity contribution is 5.85. The molecule has 0 radical (unpaired) electrons. The molecular formula is C19H31NO. The first-order valence-corrected chi connectivity index (χ1v) is 7.86. The van der Waals surface area contributed by atoms with Crippen LogP contribution in [0, 0.1) is 5.41 Å². The molecule has 0 fully saturated rings. The minimum atomic E-state index is -0.282. The molecule has 1 unspecified atom stereocenters. The van der Waals surface area contributed by atoms with Gasteiger partial charge < -0.3 is 0 Å². The first-order valence-electron chi connectivity index (χ1n) is 7.86. The summed E-state index contributed by atoms with van der Waals surface area (Å²) < 4.78 is 0. The number of hydrogen-bond donors (Lipinski definition) is 0. The maximum absolute atomic E-state index is 12.4. The number of carbonyl (C=O) groups is 1. The smallest absolute Gasteiger partial charge is 0.152 e. The van der Waals surface area contributed by atoms with Gasteiger partial charge in [-0.15, -0.1) is 0 Å². The van der Waals surface area contributed by atoms with Crippen LogP contribution in [-0.4, -0.2) is 28.8 Å². The van der Waals surface area contributed by atoms with Gasteiger partial charge in [-0.3, -0.25) is 9.69 Å². The van der Waals surface area contributed by atoms with Gasteiger partial charge in [0.15, 0.2) is 5.78 Å². The van der Waals surface area contributed by atoms with Crippen molar-refractivity contribution < 1.29 is 4.79 Å². The summed E-state index contributed by atoms with van der Waals surface area (Å²) in [6.07, 6.45) is 0.968. The van der Waals surface area contributed by atoms with E-state index in [1.54, 1.807) is 0 Å². The first-order chi connectivity index (χ1) is 9.51. The molecule has 1 atom stereocenters. The second-order valence-corrected chi connectivity index (χ2v) is 8.01. The third-order valence-corrected chi connectivity index (χ3v) is 3.92. The number of Topliss-reactive ketones (excluding diaryl/α,β-unsaturated/α-hetero) is 1. The first kappa shape index (κ1) is 17.9. The van der Waals surface area contributed by atoms with Gasteiger partial charge in [-0.25, -0.2) is 0 Å². The fraction of sp³-hybridized carbons (Fsp3) is 0.632. The lowest BCUT2D eigenvalue weighted by Crippen LogP contribution is -2.51. The topological polar surface area (TPSA) is 20.3 Å². The predicted molar refractivity (Wildman–Crippen MR) is 90.5 cm³/mol. The van der Waals surface area contributed by atoms with Gasteiger partial charge in [0.2, 0.25) is 0 Å². The van der Waals surface area contributed by atoms with Gasteiger partial charge in [0.05, 0.1) is 6.54 Å². The highest BCUT2D eigenvalue weighted by Gasteiger charge is 2.31. The number of carbonyl (C=O) groups excluding carboxylic acids is 1. The average Bonchev–Trinajstić information content (AvgIpc) is 2.34. The van der Waals surface area contributed by atoms with E-state index in [1.807, 2.05) is 26.8 Å². The van der Waals surface area contributed by atoms with Crippen molar-refractivity contribution in [1.29, 1.82) is 0 Å². The number of hydrogen-bond acceptors (Lipinski definition) is 2. The van der Waals surface area contributed by atoms with E-state index >= 15 is 0 Å². The Balaban J connectivity index is 2.85. The van der Waals surface area contributed by atoms with Gasteiger partial charge in [0, 0.05) is 17.0 Å². The summed E-state index contributed by atoms with van der Waals surface area (Å²) in [5.41, 5.74) is 1.02. The third kappa shape index (κ3) is 5.62. The largest absolute Gasteiger partial charge is 0.298 e. The van der Waals surface area contributed by atoms with Crippen LogP contribution >= 0.6 is 0 Å². The summed E-state index contributed by atoms with van der Waals surface area (Å²) in [5, 5.41) is 0. The summed E-state index contributed by atoms with van der Waals surface area (Å²) in [7, 11) is 0. The van der Waals surface area contributed by atoms with E-state index < -0.39 is 0 Å². The number of nitrogens with zero attached hydrogens (tertiary/aromatic N) is 1. The molecule has 0 amide bonds. The van der Waals surface area contributed by atoms with Crippen molar-refractivity contribution in [2.24, 2.45) is 5.41 Å². The maximum atomic E-state index is 12.4. The standard InChI is InChI=1S/C19H31NO/c1-15(13-16-11-9-8-10-12-16)20(19(5,6)7)14-17(21)18(2,3)4/h8-12,15H,13-14H2,1-7H3. The van der Waals surface area contributed by atoms with Crippen LogP contribution in [0.15, 0.2) is 30.3 Å². The zero-order chi connectivity index (χ0) is 16.3.